The number of fused-ring (bicyclic) bond motifs is 1. The molecule has 3 rings (SSSR count). The van der Waals surface area contributed by atoms with Gasteiger partial charge in [-0.2, -0.15) is 0 Å². The van der Waals surface area contributed by atoms with Gasteiger partial charge in [-0.3, -0.25) is 0 Å². The Labute approximate surface area is 90.4 Å². The highest BCUT2D eigenvalue weighted by molar-refractivity contribution is 5.60. The van der Waals surface area contributed by atoms with Crippen molar-refractivity contribution >= 4 is 0 Å². The molecule has 76 valence electrons. The largest absolute Gasteiger partial charge is 0.345 e. The Kier molecular flexibility index (Phi) is 2.09. The first-order valence-corrected chi connectivity index (χ1v) is 5.69. The zero-order valence-electron chi connectivity index (χ0n) is 8.82. The van der Waals surface area contributed by atoms with Crippen LogP contribution in [0.1, 0.15) is 18.5 Å². The van der Waals surface area contributed by atoms with Crippen LogP contribution >= 0.6 is 0 Å². The van der Waals surface area contributed by atoms with Gasteiger partial charge in [0.1, 0.15) is 0 Å². The van der Waals surface area contributed by atoms with Gasteiger partial charge < -0.3 is 4.57 Å². The first-order chi connectivity index (χ1) is 7.45. The van der Waals surface area contributed by atoms with Gasteiger partial charge in [0, 0.05) is 17.9 Å². The van der Waals surface area contributed by atoms with Crippen LogP contribution in [0.3, 0.4) is 0 Å². The summed E-state index contributed by atoms with van der Waals surface area (Å²) in [5, 5.41) is 0. The molecule has 1 nitrogen and oxygen atoms in total. The van der Waals surface area contributed by atoms with E-state index in [2.05, 4.69) is 47.0 Å². The van der Waals surface area contributed by atoms with Crippen LogP contribution in [0.15, 0.2) is 42.5 Å². The highest BCUT2D eigenvalue weighted by Crippen LogP contribution is 2.26. The lowest BCUT2D eigenvalue weighted by molar-refractivity contribution is 0.537. The van der Waals surface area contributed by atoms with E-state index in [1.165, 1.54) is 42.8 Å². The molecule has 0 saturated carbocycles. The van der Waals surface area contributed by atoms with Crippen LogP contribution in [0.2, 0.25) is 0 Å². The maximum absolute atomic E-state index is 2.47. The summed E-state index contributed by atoms with van der Waals surface area (Å²) in [6, 6.07) is 15.2. The van der Waals surface area contributed by atoms with E-state index in [1.807, 2.05) is 0 Å². The summed E-state index contributed by atoms with van der Waals surface area (Å²) < 4.78 is 2.47. The summed E-state index contributed by atoms with van der Waals surface area (Å²) in [4.78, 5) is 0. The monoisotopic (exact) mass is 197 g/mol. The van der Waals surface area contributed by atoms with Crippen LogP contribution in [-0.2, 0) is 13.0 Å². The fraction of sp³-hybridized carbons (Fsp3) is 0.286. The summed E-state index contributed by atoms with van der Waals surface area (Å²) in [5.74, 6) is 0. The number of rotatable bonds is 1. The van der Waals surface area contributed by atoms with Gasteiger partial charge in [-0.05, 0) is 37.0 Å². The molecule has 1 aromatic carbocycles. The molecule has 0 N–H and O–H groups in total. The molecule has 0 fully saturated rings. The molecule has 1 aliphatic rings. The molecule has 0 aliphatic carbocycles. The third-order valence-electron chi connectivity index (χ3n) is 3.21. The Bertz CT molecular complexity index is 453. The highest BCUT2D eigenvalue weighted by atomic mass is 15.0. The van der Waals surface area contributed by atoms with Crippen LogP contribution in [0, 0.1) is 0 Å². The van der Waals surface area contributed by atoms with E-state index >= 15 is 0 Å². The Morgan fingerprint density at radius 3 is 2.60 bits per heavy atom. The van der Waals surface area contributed by atoms with E-state index in [4.69, 9.17) is 0 Å². The van der Waals surface area contributed by atoms with E-state index < -0.39 is 0 Å². The summed E-state index contributed by atoms with van der Waals surface area (Å²) >= 11 is 0. The number of hydrogen-bond donors (Lipinski definition) is 0. The molecule has 0 bridgehead atoms. The molecule has 0 saturated heterocycles. The first kappa shape index (κ1) is 8.78. The molecule has 2 heterocycles. The van der Waals surface area contributed by atoms with Gasteiger partial charge in [-0.1, -0.05) is 30.3 Å². The lowest BCUT2D eigenvalue weighted by Crippen LogP contribution is -2.10. The second-order valence-corrected chi connectivity index (χ2v) is 4.18. The van der Waals surface area contributed by atoms with E-state index in [9.17, 15) is 0 Å². The molecular formula is C14H15N. The predicted molar refractivity (Wildman–Crippen MR) is 62.8 cm³/mol. The third-order valence-corrected chi connectivity index (χ3v) is 3.21. The minimum atomic E-state index is 1.19. The van der Waals surface area contributed by atoms with Crippen LogP contribution in [0.5, 0.6) is 0 Å². The van der Waals surface area contributed by atoms with Crippen molar-refractivity contribution in [3.8, 4) is 11.3 Å². The van der Waals surface area contributed by atoms with Crippen LogP contribution in [-0.4, -0.2) is 4.57 Å². The van der Waals surface area contributed by atoms with E-state index in [0.717, 1.165) is 0 Å². The number of nitrogens with zero attached hydrogens (tertiary/aromatic N) is 1. The van der Waals surface area contributed by atoms with Crippen molar-refractivity contribution in [2.45, 2.75) is 25.8 Å². The lowest BCUT2D eigenvalue weighted by Gasteiger charge is -2.18. The lowest BCUT2D eigenvalue weighted by atomic mass is 10.1. The zero-order chi connectivity index (χ0) is 10.1. The van der Waals surface area contributed by atoms with Crippen LogP contribution in [0.4, 0.5) is 0 Å². The minimum absolute atomic E-state index is 1.19. The number of benzene rings is 1. The van der Waals surface area contributed by atoms with Gasteiger partial charge in [-0.25, -0.2) is 0 Å². The maximum Gasteiger partial charge on any atom is 0.0482 e. The molecule has 0 atom stereocenters. The molecule has 0 spiro atoms. The van der Waals surface area contributed by atoms with Gasteiger partial charge in [0.2, 0.25) is 0 Å². The fourth-order valence-corrected chi connectivity index (χ4v) is 2.43. The average molecular weight is 197 g/mol. The molecule has 1 aliphatic heterocycles. The van der Waals surface area contributed by atoms with Crippen molar-refractivity contribution in [3.63, 3.8) is 0 Å². The van der Waals surface area contributed by atoms with Crippen molar-refractivity contribution in [2.24, 2.45) is 0 Å². The zero-order valence-corrected chi connectivity index (χ0v) is 8.82. The van der Waals surface area contributed by atoms with Crippen molar-refractivity contribution in [3.05, 3.63) is 48.2 Å². The number of hydrogen-bond acceptors (Lipinski definition) is 0. The Balaban J connectivity index is 2.09. The van der Waals surface area contributed by atoms with Gasteiger partial charge in [-0.15, -0.1) is 0 Å². The molecule has 2 aromatic rings. The van der Waals surface area contributed by atoms with E-state index in [0.29, 0.717) is 0 Å². The standard InChI is InChI=1S/C14H15N/c1-2-6-12(7-3-1)14-10-9-13-8-4-5-11-15(13)14/h1-3,6-7,9-10H,4-5,8,11H2. The SMILES string of the molecule is c1ccc(-c2ccc3n2CCCC3)cc1. The summed E-state index contributed by atoms with van der Waals surface area (Å²) in [5.41, 5.74) is 4.22. The highest BCUT2D eigenvalue weighted by Gasteiger charge is 2.12. The molecule has 0 amide bonds. The molecule has 15 heavy (non-hydrogen) atoms. The predicted octanol–water partition coefficient (Wildman–Crippen LogP) is 3.49. The van der Waals surface area contributed by atoms with Crippen LogP contribution in [0.25, 0.3) is 11.3 Å². The van der Waals surface area contributed by atoms with E-state index in [-0.39, 0.29) is 0 Å². The normalized spacial score (nSPS) is 14.9. The second-order valence-electron chi connectivity index (χ2n) is 4.18. The second kappa shape index (κ2) is 3.58. The van der Waals surface area contributed by atoms with Gasteiger partial charge in [0.15, 0.2) is 0 Å². The van der Waals surface area contributed by atoms with Gasteiger partial charge >= 0.3 is 0 Å². The Morgan fingerprint density at radius 2 is 1.73 bits per heavy atom. The topological polar surface area (TPSA) is 4.93 Å². The number of aryl methyl sites for hydroxylation is 1. The third kappa shape index (κ3) is 1.48. The average Bonchev–Trinajstić information content (AvgIpc) is 2.74. The smallest absolute Gasteiger partial charge is 0.0482 e. The molecular weight excluding hydrogens is 182 g/mol. The molecule has 0 radical (unpaired) electrons. The van der Waals surface area contributed by atoms with Crippen molar-refractivity contribution < 1.29 is 0 Å². The van der Waals surface area contributed by atoms with E-state index in [1.54, 1.807) is 0 Å². The quantitative estimate of drug-likeness (QED) is 0.659. The molecule has 1 heteroatoms. The van der Waals surface area contributed by atoms with Crippen molar-refractivity contribution in [1.82, 2.24) is 4.57 Å². The minimum Gasteiger partial charge on any atom is -0.345 e. The summed E-state index contributed by atoms with van der Waals surface area (Å²) in [7, 11) is 0. The van der Waals surface area contributed by atoms with Crippen LogP contribution < -0.4 is 0 Å². The Hall–Kier alpha value is -1.50. The van der Waals surface area contributed by atoms with Crippen molar-refractivity contribution in [2.75, 3.05) is 0 Å². The first-order valence-electron chi connectivity index (χ1n) is 5.69. The van der Waals surface area contributed by atoms with Gasteiger partial charge in [0.05, 0.1) is 0 Å². The molecule has 1 aromatic heterocycles. The number of aromatic nitrogens is 1. The van der Waals surface area contributed by atoms with Gasteiger partial charge in [0.25, 0.3) is 0 Å². The summed E-state index contributed by atoms with van der Waals surface area (Å²) in [6.07, 6.45) is 3.91. The maximum atomic E-state index is 2.47. The molecule has 0 unspecified atom stereocenters. The fourth-order valence-electron chi connectivity index (χ4n) is 2.43. The van der Waals surface area contributed by atoms with Crippen molar-refractivity contribution in [1.29, 1.82) is 0 Å². The Morgan fingerprint density at radius 1 is 0.867 bits per heavy atom. The summed E-state index contributed by atoms with van der Waals surface area (Å²) in [6.45, 7) is 1.19.